The van der Waals surface area contributed by atoms with Gasteiger partial charge in [0.05, 0.1) is 39.3 Å². The predicted octanol–water partition coefficient (Wildman–Crippen LogP) is 5.98. The number of fused-ring (bicyclic) bond motifs is 1. The number of hydrogen-bond acceptors (Lipinski definition) is 16. The summed E-state index contributed by atoms with van der Waals surface area (Å²) < 4.78 is 72.3. The number of benzene rings is 3. The molecule has 6 rings (SSSR count). The van der Waals surface area contributed by atoms with Gasteiger partial charge in [0, 0.05) is 48.3 Å². The van der Waals surface area contributed by atoms with E-state index in [-0.39, 0.29) is 45.7 Å². The normalized spacial score (nSPS) is 11.8. The molecule has 18 nitrogen and oxygen atoms in total. The average molecular weight is 731 g/mol. The molecule has 0 bridgehead atoms. The summed E-state index contributed by atoms with van der Waals surface area (Å²) in [5, 5.41) is 28.1. The summed E-state index contributed by atoms with van der Waals surface area (Å²) in [6.07, 6.45) is 6.45. The number of phenols is 1. The van der Waals surface area contributed by atoms with Gasteiger partial charge in [-0.3, -0.25) is 19.1 Å². The Morgan fingerprint density at radius 2 is 1.16 bits per heavy atom. The topological polar surface area (TPSA) is 263 Å². The second-order valence-electron chi connectivity index (χ2n) is 10.6. The minimum absolute atomic E-state index is 0.0938. The number of azo groups is 1. The van der Waals surface area contributed by atoms with Crippen LogP contribution in [0.5, 0.6) is 11.5 Å². The number of nitrogens with zero attached hydrogens (tertiary/aromatic N) is 7. The molecule has 0 fully saturated rings. The second kappa shape index (κ2) is 13.9. The number of nitrogens with one attached hydrogen (secondary N) is 3. The Kier molecular flexibility index (Phi) is 9.39. The van der Waals surface area contributed by atoms with Crippen molar-refractivity contribution in [3.63, 3.8) is 0 Å². The molecule has 0 unspecified atom stereocenters. The summed E-state index contributed by atoms with van der Waals surface area (Å²) in [7, 11) is -8.17. The first kappa shape index (κ1) is 34.5. The fourth-order valence-corrected chi connectivity index (χ4v) is 5.82. The number of phenolic OH excluding ortho intramolecular Hbond substituents is 1. The van der Waals surface area contributed by atoms with Gasteiger partial charge in [-0.25, -0.2) is 0 Å². The van der Waals surface area contributed by atoms with Crippen molar-refractivity contribution in [2.45, 2.75) is 16.7 Å². The van der Waals surface area contributed by atoms with Crippen LogP contribution in [-0.2, 0) is 20.2 Å². The number of pyridine rings is 2. The highest BCUT2D eigenvalue weighted by molar-refractivity contribution is 7.86. The Hall–Kier alpha value is -6.35. The molecule has 0 saturated carbocycles. The van der Waals surface area contributed by atoms with Crippen molar-refractivity contribution < 1.29 is 35.8 Å². The number of aromatic hydroxyl groups is 1. The van der Waals surface area contributed by atoms with E-state index in [0.29, 0.717) is 22.6 Å². The van der Waals surface area contributed by atoms with E-state index in [1.54, 1.807) is 62.0 Å². The van der Waals surface area contributed by atoms with E-state index in [9.17, 15) is 31.0 Å². The molecular formula is C31H26N10O8S2. The lowest BCUT2D eigenvalue weighted by Gasteiger charge is -2.14. The molecule has 20 heteroatoms. The third-order valence-electron chi connectivity index (χ3n) is 7.09. The van der Waals surface area contributed by atoms with Crippen LogP contribution in [0.1, 0.15) is 5.56 Å². The second-order valence-corrected chi connectivity index (χ2v) is 13.5. The lowest BCUT2D eigenvalue weighted by molar-refractivity contribution is 0.417. The summed E-state index contributed by atoms with van der Waals surface area (Å²) in [6, 6.07) is 13.7. The first-order valence-electron chi connectivity index (χ1n) is 14.5. The van der Waals surface area contributed by atoms with Crippen LogP contribution in [0.3, 0.4) is 0 Å². The van der Waals surface area contributed by atoms with Crippen LogP contribution < -0.4 is 20.7 Å². The molecule has 260 valence electrons. The van der Waals surface area contributed by atoms with Gasteiger partial charge in [0.15, 0.2) is 0 Å². The Morgan fingerprint density at radius 3 is 1.67 bits per heavy atom. The Morgan fingerprint density at radius 1 is 0.667 bits per heavy atom. The Balaban J connectivity index is 1.37. The minimum atomic E-state index is -4.81. The Bertz CT molecular complexity index is 2460. The molecule has 0 amide bonds. The summed E-state index contributed by atoms with van der Waals surface area (Å²) in [5.41, 5.74) is 2.37. The van der Waals surface area contributed by atoms with Crippen molar-refractivity contribution >= 4 is 77.3 Å². The van der Waals surface area contributed by atoms with Crippen LogP contribution in [0, 0.1) is 6.92 Å². The van der Waals surface area contributed by atoms with Gasteiger partial charge in [-0.05, 0) is 66.4 Å². The van der Waals surface area contributed by atoms with Crippen molar-refractivity contribution in [2.24, 2.45) is 10.2 Å². The van der Waals surface area contributed by atoms with Crippen molar-refractivity contribution in [3.8, 4) is 11.5 Å². The largest absolute Gasteiger partial charge is 0.507 e. The van der Waals surface area contributed by atoms with Crippen LogP contribution >= 0.6 is 0 Å². The van der Waals surface area contributed by atoms with E-state index in [4.69, 9.17) is 4.74 Å². The number of aromatic nitrogens is 5. The average Bonchev–Trinajstić information content (AvgIpc) is 3.07. The molecule has 0 atom stereocenters. The van der Waals surface area contributed by atoms with E-state index in [1.165, 1.54) is 13.2 Å². The predicted molar refractivity (Wildman–Crippen MR) is 185 cm³/mol. The first-order valence-corrected chi connectivity index (χ1v) is 17.4. The zero-order valence-corrected chi connectivity index (χ0v) is 28.0. The first-order chi connectivity index (χ1) is 24.3. The molecule has 0 spiro atoms. The van der Waals surface area contributed by atoms with Crippen LogP contribution in [0.15, 0.2) is 105 Å². The number of hydrogen-bond donors (Lipinski definition) is 6. The zero-order chi connectivity index (χ0) is 36.3. The van der Waals surface area contributed by atoms with Crippen LogP contribution in [0.25, 0.3) is 10.8 Å². The molecule has 0 aliphatic rings. The maximum Gasteiger partial charge on any atom is 0.294 e. The minimum Gasteiger partial charge on any atom is -0.507 e. The van der Waals surface area contributed by atoms with Gasteiger partial charge in [0.1, 0.15) is 11.5 Å². The van der Waals surface area contributed by atoms with Crippen LogP contribution in [-0.4, -0.2) is 63.1 Å². The lowest BCUT2D eigenvalue weighted by atomic mass is 10.1. The van der Waals surface area contributed by atoms with Crippen molar-refractivity contribution in [2.75, 3.05) is 23.1 Å². The molecule has 3 aromatic heterocycles. The molecule has 0 aliphatic heterocycles. The smallest absolute Gasteiger partial charge is 0.294 e. The van der Waals surface area contributed by atoms with E-state index >= 15 is 0 Å². The molecule has 0 saturated heterocycles. The highest BCUT2D eigenvalue weighted by atomic mass is 32.2. The zero-order valence-electron chi connectivity index (χ0n) is 26.4. The fourth-order valence-electron chi connectivity index (χ4n) is 4.75. The highest BCUT2D eigenvalue weighted by Crippen LogP contribution is 2.40. The molecule has 6 aromatic rings. The van der Waals surface area contributed by atoms with Gasteiger partial charge in [-0.2, -0.15) is 36.9 Å². The monoisotopic (exact) mass is 730 g/mol. The van der Waals surface area contributed by atoms with Gasteiger partial charge in [0.2, 0.25) is 17.8 Å². The van der Waals surface area contributed by atoms with Crippen molar-refractivity contribution in [1.82, 2.24) is 24.9 Å². The molecule has 0 aliphatic carbocycles. The molecule has 6 N–H and O–H groups in total. The molecule has 3 heterocycles. The van der Waals surface area contributed by atoms with Crippen molar-refractivity contribution in [1.29, 1.82) is 0 Å². The number of methoxy groups -OCH3 is 1. The molecule has 3 aromatic carbocycles. The van der Waals surface area contributed by atoms with Crippen LogP contribution in [0.4, 0.5) is 46.3 Å². The molecule has 0 radical (unpaired) electrons. The number of aryl methyl sites for hydroxylation is 1. The molecular weight excluding hydrogens is 705 g/mol. The summed E-state index contributed by atoms with van der Waals surface area (Å²) >= 11 is 0. The lowest BCUT2D eigenvalue weighted by Crippen LogP contribution is -2.08. The van der Waals surface area contributed by atoms with Crippen LogP contribution in [0.2, 0.25) is 0 Å². The molecule has 51 heavy (non-hydrogen) atoms. The third-order valence-corrected chi connectivity index (χ3v) is 8.75. The third kappa shape index (κ3) is 8.11. The van der Waals surface area contributed by atoms with Gasteiger partial charge in [-0.1, -0.05) is 0 Å². The van der Waals surface area contributed by atoms with E-state index in [1.807, 2.05) is 0 Å². The standard InChI is InChI=1S/C31H26N10O8S2/c1-17-11-24(36-31-38-29(34-19-3-7-32-8-4-19)37-30(39-31)35-20-5-9-33-10-6-20)27(49-2)16-23(17)40-41-25-14-21(50(43,44)45)12-18-13-22(51(46,47)48)15-26(42)28(18)25/h3-16,42H,1-2H3,(H,43,44,45)(H,46,47,48)(H3,32,33,34,35,36,37,38,39). The highest BCUT2D eigenvalue weighted by Gasteiger charge is 2.20. The van der Waals surface area contributed by atoms with Gasteiger partial charge >= 0.3 is 0 Å². The van der Waals surface area contributed by atoms with Crippen molar-refractivity contribution in [3.05, 3.63) is 91.0 Å². The Labute approximate surface area is 289 Å². The maximum atomic E-state index is 12.0. The summed E-state index contributed by atoms with van der Waals surface area (Å²) in [6.45, 7) is 1.71. The summed E-state index contributed by atoms with van der Waals surface area (Å²) in [4.78, 5) is 20.1. The van der Waals surface area contributed by atoms with E-state index in [2.05, 4.69) is 51.1 Å². The fraction of sp³-hybridized carbons (Fsp3) is 0.0645. The van der Waals surface area contributed by atoms with Gasteiger partial charge in [-0.15, -0.1) is 5.11 Å². The van der Waals surface area contributed by atoms with Gasteiger partial charge in [0.25, 0.3) is 20.2 Å². The van der Waals surface area contributed by atoms with E-state index < -0.39 is 35.8 Å². The van der Waals surface area contributed by atoms with Gasteiger partial charge < -0.3 is 25.8 Å². The SMILES string of the molecule is COc1cc(N=Nc2cc(S(=O)(=O)O)cc3cc(S(=O)(=O)O)cc(O)c23)c(C)cc1Nc1nc(Nc2ccncc2)nc(Nc2ccncc2)n1. The maximum absolute atomic E-state index is 12.0. The number of ether oxygens (including phenoxy) is 1. The quantitative estimate of drug-likeness (QED) is 0.0661. The number of anilines is 6. The van der Waals surface area contributed by atoms with E-state index in [0.717, 1.165) is 24.3 Å². The number of rotatable bonds is 11. The summed E-state index contributed by atoms with van der Waals surface area (Å²) in [5.74, 6) is 0.195.